The first kappa shape index (κ1) is 56.8. The number of rotatable bonds is 30. The highest BCUT2D eigenvalue weighted by molar-refractivity contribution is 5.92. The summed E-state index contributed by atoms with van der Waals surface area (Å²) >= 11 is 0. The molecule has 384 valence electrons. The Morgan fingerprint density at radius 2 is 1.32 bits per heavy atom. The molecule has 18 nitrogen and oxygen atoms in total. The van der Waals surface area contributed by atoms with Gasteiger partial charge in [-0.3, -0.25) is 28.9 Å². The van der Waals surface area contributed by atoms with Crippen molar-refractivity contribution >= 4 is 29.5 Å². The maximum Gasteiger partial charge on any atom is 0.248 e. The van der Waals surface area contributed by atoms with Gasteiger partial charge in [-0.25, -0.2) is 0 Å². The van der Waals surface area contributed by atoms with Gasteiger partial charge in [-0.2, -0.15) is 0 Å². The minimum Gasteiger partial charge on any atom is -0.377 e. The molecule has 0 aliphatic carbocycles. The molecule has 0 radical (unpaired) electrons. The molecule has 9 N–H and O–H groups in total. The van der Waals surface area contributed by atoms with Crippen molar-refractivity contribution < 1.29 is 38.6 Å². The molecule has 2 aromatic rings. The van der Waals surface area contributed by atoms with Crippen molar-refractivity contribution in [3.63, 3.8) is 0 Å². The molecule has 5 amide bonds. The largest absolute Gasteiger partial charge is 0.377 e. The molecule has 10 atom stereocenters. The maximum absolute atomic E-state index is 14.6. The number of nitrogens with one attached hydrogen (secondary N) is 4. The minimum absolute atomic E-state index is 0.0416. The third-order valence-corrected chi connectivity index (χ3v) is 13.5. The lowest BCUT2D eigenvalue weighted by Crippen LogP contribution is -2.59. The second-order valence-electron chi connectivity index (χ2n) is 18.4. The van der Waals surface area contributed by atoms with E-state index < -0.39 is 54.6 Å². The standard InChI is InChI=1S/C51H82N10O8/c1-8-43(55-7)49(65)57-47(51(67)61-27-16-22-42(61)34-59(45(63)32-53)29-24-40-19-13-10-14-20-40)38(5)69-35(2)25-30-68-37(4)46(56-48(64)36(3)54-6)50(66)60-26-15-21-41(60)33-58(44(62)31-52)28-23-39-17-11-9-12-18-39/h8-14,17-20,35-38,41-43,45-47,54-55,63H,1,15-16,21-34,52-53H2,2-7H3,(H,56,64)(H,57,65)/t35-,36+,37-,38-,41+,42+,43+,45?,46+,47+/m1/s1. The van der Waals surface area contributed by atoms with E-state index in [1.165, 1.54) is 6.08 Å². The Hall–Kier alpha value is -4.79. The number of aliphatic hydroxyl groups is 1. The number of ether oxygens (including phenoxy) is 2. The van der Waals surface area contributed by atoms with Gasteiger partial charge in [0.2, 0.25) is 29.5 Å². The number of carbonyl (C=O) groups excluding carboxylic acids is 5. The summed E-state index contributed by atoms with van der Waals surface area (Å²) in [5.74, 6) is -1.57. The molecular formula is C51H82N10O8. The van der Waals surface area contributed by atoms with Gasteiger partial charge in [0.25, 0.3) is 0 Å². The number of likely N-dealkylation sites (tertiary alicyclic amines) is 2. The maximum atomic E-state index is 14.6. The van der Waals surface area contributed by atoms with Crippen molar-refractivity contribution in [3.05, 3.63) is 84.4 Å². The van der Waals surface area contributed by atoms with E-state index in [0.29, 0.717) is 65.0 Å². The predicted molar refractivity (Wildman–Crippen MR) is 267 cm³/mol. The van der Waals surface area contributed by atoms with Gasteiger partial charge in [0.1, 0.15) is 24.4 Å². The van der Waals surface area contributed by atoms with Crippen LogP contribution < -0.4 is 32.7 Å². The smallest absolute Gasteiger partial charge is 0.248 e. The number of likely N-dealkylation sites (N-methyl/N-ethyl adjacent to an activating group) is 2. The molecule has 2 aliphatic heterocycles. The Labute approximate surface area is 410 Å². The second-order valence-corrected chi connectivity index (χ2v) is 18.4. The number of hydrogen-bond donors (Lipinski definition) is 7. The normalized spacial score (nSPS) is 19.5. The van der Waals surface area contributed by atoms with E-state index in [9.17, 15) is 29.1 Å². The van der Waals surface area contributed by atoms with Crippen LogP contribution in [0.15, 0.2) is 73.3 Å². The van der Waals surface area contributed by atoms with Crippen LogP contribution in [0.1, 0.15) is 70.9 Å². The Morgan fingerprint density at radius 1 is 0.783 bits per heavy atom. The number of nitrogens with two attached hydrogens (primary N) is 2. The Balaban J connectivity index is 1.43. The van der Waals surface area contributed by atoms with Gasteiger partial charge in [-0.15, -0.1) is 6.58 Å². The fourth-order valence-electron chi connectivity index (χ4n) is 9.10. The van der Waals surface area contributed by atoms with E-state index >= 15 is 0 Å². The van der Waals surface area contributed by atoms with Gasteiger partial charge in [0.15, 0.2) is 0 Å². The number of amides is 5. The number of nitrogens with zero attached hydrogens (tertiary/aromatic N) is 4. The van der Waals surface area contributed by atoms with Crippen molar-refractivity contribution in [1.82, 2.24) is 40.9 Å². The highest BCUT2D eigenvalue weighted by Gasteiger charge is 2.41. The van der Waals surface area contributed by atoms with Crippen LogP contribution in [0.2, 0.25) is 0 Å². The van der Waals surface area contributed by atoms with Crippen LogP contribution in [0.5, 0.6) is 0 Å². The van der Waals surface area contributed by atoms with Crippen LogP contribution in [-0.2, 0) is 46.3 Å². The second kappa shape index (κ2) is 29.4. The van der Waals surface area contributed by atoms with E-state index in [0.717, 1.165) is 30.4 Å². The van der Waals surface area contributed by atoms with Gasteiger partial charge in [-0.1, -0.05) is 66.7 Å². The van der Waals surface area contributed by atoms with Crippen LogP contribution in [-0.4, -0.2) is 188 Å². The summed E-state index contributed by atoms with van der Waals surface area (Å²) in [6, 6.07) is 16.0. The molecule has 2 heterocycles. The summed E-state index contributed by atoms with van der Waals surface area (Å²) in [4.78, 5) is 76.1. The molecule has 0 bridgehead atoms. The summed E-state index contributed by atoms with van der Waals surface area (Å²) in [5.41, 5.74) is 14.0. The zero-order valence-corrected chi connectivity index (χ0v) is 41.9. The van der Waals surface area contributed by atoms with Crippen molar-refractivity contribution in [1.29, 1.82) is 0 Å². The summed E-state index contributed by atoms with van der Waals surface area (Å²) in [6.45, 7) is 13.6. The van der Waals surface area contributed by atoms with Gasteiger partial charge in [-0.05, 0) is 97.9 Å². The topological polar surface area (TPSA) is 237 Å². The first-order chi connectivity index (χ1) is 33.1. The van der Waals surface area contributed by atoms with Crippen molar-refractivity contribution in [2.45, 2.75) is 133 Å². The number of carbonyl (C=O) groups is 5. The van der Waals surface area contributed by atoms with Crippen LogP contribution in [0.3, 0.4) is 0 Å². The fraction of sp³-hybridized carbons (Fsp3) is 0.627. The quantitative estimate of drug-likeness (QED) is 0.0424. The van der Waals surface area contributed by atoms with E-state index in [-0.39, 0.29) is 55.4 Å². The molecule has 2 aliphatic rings. The molecule has 4 rings (SSSR count). The van der Waals surface area contributed by atoms with Crippen molar-refractivity contribution in [2.75, 3.05) is 73.1 Å². The average molecular weight is 963 g/mol. The Morgan fingerprint density at radius 3 is 1.84 bits per heavy atom. The molecule has 18 heteroatoms. The zero-order chi connectivity index (χ0) is 50.5. The van der Waals surface area contributed by atoms with E-state index in [4.69, 9.17) is 20.9 Å². The number of hydrogen-bond acceptors (Lipinski definition) is 13. The van der Waals surface area contributed by atoms with E-state index in [2.05, 4.69) is 27.8 Å². The summed E-state index contributed by atoms with van der Waals surface area (Å²) in [5, 5.41) is 22.7. The molecule has 0 saturated carbocycles. The predicted octanol–water partition coefficient (Wildman–Crippen LogP) is 0.761. The molecule has 1 unspecified atom stereocenters. The molecule has 2 saturated heterocycles. The zero-order valence-electron chi connectivity index (χ0n) is 41.9. The molecular weight excluding hydrogens is 881 g/mol. The Kier molecular flexibility index (Phi) is 24.2. The lowest BCUT2D eigenvalue weighted by atomic mass is 10.1. The van der Waals surface area contributed by atoms with Gasteiger partial charge in [0.05, 0.1) is 30.9 Å². The average Bonchev–Trinajstić information content (AvgIpc) is 4.04. The molecule has 69 heavy (non-hydrogen) atoms. The summed E-state index contributed by atoms with van der Waals surface area (Å²) < 4.78 is 12.8. The lowest BCUT2D eigenvalue weighted by Gasteiger charge is -2.36. The molecule has 0 aromatic heterocycles. The summed E-state index contributed by atoms with van der Waals surface area (Å²) in [6.07, 6.45) is 3.21. The third-order valence-electron chi connectivity index (χ3n) is 13.5. The number of aliphatic hydroxyl groups excluding tert-OH is 1. The lowest BCUT2D eigenvalue weighted by molar-refractivity contribution is -0.145. The molecule has 0 spiro atoms. The van der Waals surface area contributed by atoms with E-state index in [1.54, 1.807) is 49.6 Å². The Bertz CT molecular complexity index is 1900. The summed E-state index contributed by atoms with van der Waals surface area (Å²) in [7, 11) is 3.30. The SMILES string of the molecule is C=C[C@H](NC)C(=O)N[C@H](C(=O)N1CCC[C@H]1CN(CCc1ccccc1)C(O)CN)[C@@H](C)O[C@H](C)CCO[C@H](C)[C@H](NC(=O)[C@H](C)NC)C(=O)N1CCC[C@H]1CN(CCc1ccccc1)C(=O)CN. The first-order valence-corrected chi connectivity index (χ1v) is 24.8. The van der Waals surface area contributed by atoms with Gasteiger partial charge >= 0.3 is 0 Å². The van der Waals surface area contributed by atoms with Crippen molar-refractivity contribution in [3.8, 4) is 0 Å². The monoisotopic (exact) mass is 963 g/mol. The first-order valence-electron chi connectivity index (χ1n) is 24.8. The van der Waals surface area contributed by atoms with E-state index in [1.807, 2.05) is 72.5 Å². The van der Waals surface area contributed by atoms with Crippen LogP contribution in [0.25, 0.3) is 0 Å². The highest BCUT2D eigenvalue weighted by Crippen LogP contribution is 2.24. The molecule has 2 fully saturated rings. The highest BCUT2D eigenvalue weighted by atomic mass is 16.5. The van der Waals surface area contributed by atoms with Crippen LogP contribution >= 0.6 is 0 Å². The third kappa shape index (κ3) is 17.2. The van der Waals surface area contributed by atoms with Gasteiger partial charge < -0.3 is 62.0 Å². The van der Waals surface area contributed by atoms with Crippen LogP contribution in [0.4, 0.5) is 0 Å². The van der Waals surface area contributed by atoms with Crippen LogP contribution in [0, 0.1) is 0 Å². The van der Waals surface area contributed by atoms with Gasteiger partial charge in [0, 0.05) is 64.5 Å². The van der Waals surface area contributed by atoms with Crippen molar-refractivity contribution in [2.24, 2.45) is 11.5 Å². The minimum atomic E-state index is -1.05. The molecule has 2 aromatic carbocycles. The number of benzene rings is 2. The fourth-order valence-corrected chi connectivity index (χ4v) is 9.10.